The molecule has 0 bridgehead atoms. The minimum atomic E-state index is 0.411. The Morgan fingerprint density at radius 3 is 2.83 bits per heavy atom. The molecule has 1 atom stereocenters. The molecule has 124 valence electrons. The standard InChI is InChI=1S/C21H30N2/c1-4-7-14-22-20-10-8-9-11-21(20)23-16-19-13-12-17(5-2)15-18(19)6-3/h4,7,12-15,21,23H,1,5-6,8-11,16H2,2-3H3/b14-7-,22-20?. The number of hydrogen-bond donors (Lipinski definition) is 1. The van der Waals surface area contributed by atoms with Crippen molar-refractivity contribution in [1.29, 1.82) is 0 Å². The minimum Gasteiger partial charge on any atom is -0.305 e. The van der Waals surface area contributed by atoms with Gasteiger partial charge in [-0.3, -0.25) is 4.99 Å². The van der Waals surface area contributed by atoms with Gasteiger partial charge in [-0.05, 0) is 54.9 Å². The van der Waals surface area contributed by atoms with Crippen LogP contribution in [0, 0.1) is 0 Å². The van der Waals surface area contributed by atoms with Crippen molar-refractivity contribution in [3.63, 3.8) is 0 Å². The molecule has 1 aromatic carbocycles. The molecule has 0 amide bonds. The molecule has 1 N–H and O–H groups in total. The van der Waals surface area contributed by atoms with Gasteiger partial charge in [-0.1, -0.05) is 51.1 Å². The summed E-state index contributed by atoms with van der Waals surface area (Å²) in [4.78, 5) is 4.64. The van der Waals surface area contributed by atoms with Gasteiger partial charge in [-0.15, -0.1) is 0 Å². The summed E-state index contributed by atoms with van der Waals surface area (Å²) in [6, 6.07) is 7.33. The van der Waals surface area contributed by atoms with E-state index < -0.39 is 0 Å². The van der Waals surface area contributed by atoms with Crippen molar-refractivity contribution in [1.82, 2.24) is 5.32 Å². The topological polar surface area (TPSA) is 24.4 Å². The Bertz CT molecular complexity index is 569. The fourth-order valence-electron chi connectivity index (χ4n) is 3.20. The summed E-state index contributed by atoms with van der Waals surface area (Å²) in [6.45, 7) is 9.09. The van der Waals surface area contributed by atoms with E-state index in [0.717, 1.165) is 25.8 Å². The predicted octanol–water partition coefficient (Wildman–Crippen LogP) is 4.98. The van der Waals surface area contributed by atoms with E-state index in [1.165, 1.54) is 41.7 Å². The van der Waals surface area contributed by atoms with Gasteiger partial charge in [0.25, 0.3) is 0 Å². The lowest BCUT2D eigenvalue weighted by molar-refractivity contribution is 0.512. The number of allylic oxidation sites excluding steroid dienone is 2. The molecule has 1 saturated carbocycles. The van der Waals surface area contributed by atoms with Gasteiger partial charge in [0.2, 0.25) is 0 Å². The zero-order valence-electron chi connectivity index (χ0n) is 14.6. The Morgan fingerprint density at radius 2 is 2.09 bits per heavy atom. The summed E-state index contributed by atoms with van der Waals surface area (Å²) >= 11 is 0. The first-order chi connectivity index (χ1) is 11.3. The van der Waals surface area contributed by atoms with Crippen LogP contribution in [0.4, 0.5) is 0 Å². The van der Waals surface area contributed by atoms with E-state index >= 15 is 0 Å². The molecule has 0 aliphatic heterocycles. The van der Waals surface area contributed by atoms with E-state index in [-0.39, 0.29) is 0 Å². The second kappa shape index (κ2) is 9.46. The van der Waals surface area contributed by atoms with Crippen LogP contribution < -0.4 is 5.32 Å². The molecule has 2 heteroatoms. The Balaban J connectivity index is 2.04. The van der Waals surface area contributed by atoms with Crippen molar-refractivity contribution >= 4 is 5.71 Å². The highest BCUT2D eigenvalue weighted by Gasteiger charge is 2.19. The summed E-state index contributed by atoms with van der Waals surface area (Å²) in [6.07, 6.45) is 12.6. The molecule has 23 heavy (non-hydrogen) atoms. The zero-order chi connectivity index (χ0) is 16.5. The summed E-state index contributed by atoms with van der Waals surface area (Å²) in [5, 5.41) is 3.74. The maximum absolute atomic E-state index is 4.64. The van der Waals surface area contributed by atoms with Crippen LogP contribution in [0.15, 0.2) is 48.1 Å². The first-order valence-corrected chi connectivity index (χ1v) is 8.96. The number of benzene rings is 1. The molecule has 0 spiro atoms. The summed E-state index contributed by atoms with van der Waals surface area (Å²) in [5.74, 6) is 0. The number of aliphatic imine (C=N–C) groups is 1. The third-order valence-electron chi connectivity index (χ3n) is 4.64. The third-order valence-corrected chi connectivity index (χ3v) is 4.64. The van der Waals surface area contributed by atoms with Crippen LogP contribution in [0.3, 0.4) is 0 Å². The molecule has 0 saturated heterocycles. The molecule has 1 aliphatic carbocycles. The number of nitrogens with zero attached hydrogens (tertiary/aromatic N) is 1. The van der Waals surface area contributed by atoms with E-state index in [9.17, 15) is 0 Å². The maximum Gasteiger partial charge on any atom is 0.0457 e. The highest BCUT2D eigenvalue weighted by atomic mass is 14.9. The number of hydrogen-bond acceptors (Lipinski definition) is 2. The van der Waals surface area contributed by atoms with Crippen LogP contribution in [-0.4, -0.2) is 11.8 Å². The molecule has 2 rings (SSSR count). The van der Waals surface area contributed by atoms with E-state index in [1.807, 2.05) is 12.3 Å². The fraction of sp³-hybridized carbons (Fsp3) is 0.476. The van der Waals surface area contributed by atoms with Crippen LogP contribution in [0.1, 0.15) is 56.2 Å². The number of aryl methyl sites for hydroxylation is 2. The third kappa shape index (κ3) is 5.18. The van der Waals surface area contributed by atoms with Gasteiger partial charge in [0.05, 0.1) is 0 Å². The van der Waals surface area contributed by atoms with Crippen LogP contribution >= 0.6 is 0 Å². The van der Waals surface area contributed by atoms with Crippen molar-refractivity contribution in [3.05, 3.63) is 59.8 Å². The molecular weight excluding hydrogens is 280 g/mol. The zero-order valence-corrected chi connectivity index (χ0v) is 14.6. The number of rotatable bonds is 7. The Hall–Kier alpha value is -1.67. The van der Waals surface area contributed by atoms with Gasteiger partial charge in [0.1, 0.15) is 0 Å². The molecule has 0 radical (unpaired) electrons. The maximum atomic E-state index is 4.64. The van der Waals surface area contributed by atoms with Crippen LogP contribution in [0.5, 0.6) is 0 Å². The summed E-state index contributed by atoms with van der Waals surface area (Å²) in [5.41, 5.74) is 5.62. The SMILES string of the molecule is C=C/C=C\N=C1CCCCC1NCc1ccc(CC)cc1CC. The van der Waals surface area contributed by atoms with Gasteiger partial charge in [0.15, 0.2) is 0 Å². The van der Waals surface area contributed by atoms with E-state index in [0.29, 0.717) is 6.04 Å². The largest absolute Gasteiger partial charge is 0.305 e. The Morgan fingerprint density at radius 1 is 1.22 bits per heavy atom. The van der Waals surface area contributed by atoms with Gasteiger partial charge in [-0.25, -0.2) is 0 Å². The molecular formula is C21H30N2. The molecule has 2 nitrogen and oxygen atoms in total. The average molecular weight is 310 g/mol. The highest BCUT2D eigenvalue weighted by molar-refractivity contribution is 5.90. The molecule has 1 aliphatic rings. The van der Waals surface area contributed by atoms with Crippen molar-refractivity contribution in [2.24, 2.45) is 4.99 Å². The molecule has 1 fully saturated rings. The van der Waals surface area contributed by atoms with Gasteiger partial charge >= 0.3 is 0 Å². The van der Waals surface area contributed by atoms with Crippen LogP contribution in [-0.2, 0) is 19.4 Å². The first kappa shape index (κ1) is 17.7. The molecule has 0 aromatic heterocycles. The van der Waals surface area contributed by atoms with Crippen molar-refractivity contribution in [2.75, 3.05) is 0 Å². The Kier molecular flexibility index (Phi) is 7.28. The highest BCUT2D eigenvalue weighted by Crippen LogP contribution is 2.18. The quantitative estimate of drug-likeness (QED) is 0.705. The fourth-order valence-corrected chi connectivity index (χ4v) is 3.20. The van der Waals surface area contributed by atoms with Crippen molar-refractivity contribution in [3.8, 4) is 0 Å². The lowest BCUT2D eigenvalue weighted by Crippen LogP contribution is -2.38. The minimum absolute atomic E-state index is 0.411. The molecule has 0 heterocycles. The molecule has 1 aromatic rings. The van der Waals surface area contributed by atoms with Crippen LogP contribution in [0.25, 0.3) is 0 Å². The second-order valence-electron chi connectivity index (χ2n) is 6.19. The lowest BCUT2D eigenvalue weighted by atomic mass is 9.92. The smallest absolute Gasteiger partial charge is 0.0457 e. The monoisotopic (exact) mass is 310 g/mol. The average Bonchev–Trinajstić information content (AvgIpc) is 2.61. The second-order valence-corrected chi connectivity index (χ2v) is 6.19. The van der Waals surface area contributed by atoms with Gasteiger partial charge in [-0.2, -0.15) is 0 Å². The van der Waals surface area contributed by atoms with E-state index in [1.54, 1.807) is 6.08 Å². The van der Waals surface area contributed by atoms with Crippen molar-refractivity contribution in [2.45, 2.75) is 65.0 Å². The summed E-state index contributed by atoms with van der Waals surface area (Å²) in [7, 11) is 0. The normalized spacial score (nSPS) is 20.3. The van der Waals surface area contributed by atoms with Gasteiger partial charge in [0, 0.05) is 24.5 Å². The van der Waals surface area contributed by atoms with Gasteiger partial charge < -0.3 is 5.32 Å². The Labute approximate surface area is 141 Å². The van der Waals surface area contributed by atoms with E-state index in [2.05, 4.69) is 48.9 Å². The van der Waals surface area contributed by atoms with Crippen molar-refractivity contribution < 1.29 is 0 Å². The lowest BCUT2D eigenvalue weighted by Gasteiger charge is -2.25. The van der Waals surface area contributed by atoms with Crippen LogP contribution in [0.2, 0.25) is 0 Å². The summed E-state index contributed by atoms with van der Waals surface area (Å²) < 4.78 is 0. The molecule has 1 unspecified atom stereocenters. The van der Waals surface area contributed by atoms with E-state index in [4.69, 9.17) is 0 Å². The number of nitrogens with one attached hydrogen (secondary N) is 1. The predicted molar refractivity (Wildman–Crippen MR) is 101 cm³/mol. The first-order valence-electron chi connectivity index (χ1n) is 8.96.